The lowest BCUT2D eigenvalue weighted by atomic mass is 10.0. The monoisotopic (exact) mass is 364 g/mol. The van der Waals surface area contributed by atoms with E-state index in [0.717, 1.165) is 21.1 Å². The third kappa shape index (κ3) is 3.12. The fraction of sp³-hybridized carbons (Fsp3) is 0.188. The first-order valence-electron chi connectivity index (χ1n) is 6.64. The smallest absolute Gasteiger partial charge is 0.197 e. The molecular formula is C16H14BrClN2O. The topological polar surface area (TPSA) is 38.1 Å². The Kier molecular flexibility index (Phi) is 4.29. The summed E-state index contributed by atoms with van der Waals surface area (Å²) in [7, 11) is 1.92. The van der Waals surface area contributed by atoms with Gasteiger partial charge in [-0.3, -0.25) is 0 Å². The summed E-state index contributed by atoms with van der Waals surface area (Å²) in [5.74, 6) is 0.711. The number of oxazole rings is 1. The summed E-state index contributed by atoms with van der Waals surface area (Å²) in [6, 6.07) is 13.6. The van der Waals surface area contributed by atoms with E-state index in [2.05, 4.69) is 26.2 Å². The number of fused-ring (bicyclic) bond motifs is 1. The summed E-state index contributed by atoms with van der Waals surface area (Å²) in [5.41, 5.74) is 2.78. The van der Waals surface area contributed by atoms with Crippen LogP contribution in [0.1, 0.15) is 17.5 Å². The molecule has 1 atom stereocenters. The van der Waals surface area contributed by atoms with Crippen LogP contribution in [0.25, 0.3) is 11.1 Å². The van der Waals surface area contributed by atoms with Gasteiger partial charge >= 0.3 is 0 Å². The summed E-state index contributed by atoms with van der Waals surface area (Å²) in [4.78, 5) is 4.52. The maximum atomic E-state index is 6.10. The first-order chi connectivity index (χ1) is 10.2. The van der Waals surface area contributed by atoms with Crippen LogP contribution in [0, 0.1) is 0 Å². The second-order valence-electron chi connectivity index (χ2n) is 4.79. The average molecular weight is 366 g/mol. The third-order valence-electron chi connectivity index (χ3n) is 3.40. The largest absolute Gasteiger partial charge is 0.441 e. The molecule has 3 aromatic rings. The number of benzene rings is 2. The van der Waals surface area contributed by atoms with Crippen LogP contribution in [-0.2, 0) is 6.42 Å². The van der Waals surface area contributed by atoms with Crippen molar-refractivity contribution >= 4 is 38.6 Å². The Balaban J connectivity index is 1.91. The molecule has 0 saturated carbocycles. The number of likely N-dealkylation sites (N-methyl/N-ethyl adjacent to an activating group) is 1. The van der Waals surface area contributed by atoms with Gasteiger partial charge in [0.2, 0.25) is 0 Å². The molecule has 0 radical (unpaired) electrons. The summed E-state index contributed by atoms with van der Waals surface area (Å²) >= 11 is 9.67. The Morgan fingerprint density at radius 3 is 2.86 bits per heavy atom. The van der Waals surface area contributed by atoms with Crippen molar-refractivity contribution < 1.29 is 4.42 Å². The fourth-order valence-corrected chi connectivity index (χ4v) is 3.03. The lowest BCUT2D eigenvalue weighted by Gasteiger charge is -2.16. The van der Waals surface area contributed by atoms with Gasteiger partial charge in [0, 0.05) is 22.0 Å². The molecule has 0 bridgehead atoms. The average Bonchev–Trinajstić information content (AvgIpc) is 2.90. The molecule has 0 saturated heterocycles. The molecule has 2 aromatic carbocycles. The van der Waals surface area contributed by atoms with Crippen molar-refractivity contribution in [3.63, 3.8) is 0 Å². The maximum absolute atomic E-state index is 6.10. The maximum Gasteiger partial charge on any atom is 0.197 e. The summed E-state index contributed by atoms with van der Waals surface area (Å²) < 4.78 is 6.81. The molecule has 21 heavy (non-hydrogen) atoms. The second-order valence-corrected chi connectivity index (χ2v) is 6.08. The van der Waals surface area contributed by atoms with Crippen molar-refractivity contribution in [1.82, 2.24) is 10.3 Å². The quantitative estimate of drug-likeness (QED) is 0.725. The zero-order valence-corrected chi connectivity index (χ0v) is 13.8. The van der Waals surface area contributed by atoms with Crippen molar-refractivity contribution in [3.8, 4) is 0 Å². The molecule has 1 aromatic heterocycles. The Morgan fingerprint density at radius 1 is 1.29 bits per heavy atom. The normalized spacial score (nSPS) is 12.7. The van der Waals surface area contributed by atoms with E-state index in [1.54, 1.807) is 0 Å². The van der Waals surface area contributed by atoms with Crippen molar-refractivity contribution in [2.24, 2.45) is 0 Å². The van der Waals surface area contributed by atoms with E-state index in [1.807, 2.05) is 49.5 Å². The van der Waals surface area contributed by atoms with Crippen LogP contribution in [0.2, 0.25) is 5.02 Å². The van der Waals surface area contributed by atoms with E-state index >= 15 is 0 Å². The van der Waals surface area contributed by atoms with Gasteiger partial charge in [0.05, 0.1) is 0 Å². The van der Waals surface area contributed by atoms with Crippen molar-refractivity contribution in [2.45, 2.75) is 12.5 Å². The van der Waals surface area contributed by atoms with Crippen molar-refractivity contribution in [3.05, 3.63) is 63.4 Å². The molecule has 0 amide bonds. The predicted octanol–water partition coefficient (Wildman–Crippen LogP) is 4.75. The second kappa shape index (κ2) is 6.18. The number of hydrogen-bond donors (Lipinski definition) is 1. The number of aromatic nitrogens is 1. The summed E-state index contributed by atoms with van der Waals surface area (Å²) in [6.45, 7) is 0. The van der Waals surface area contributed by atoms with E-state index in [-0.39, 0.29) is 6.04 Å². The van der Waals surface area contributed by atoms with Crippen LogP contribution in [0.3, 0.4) is 0 Å². The number of para-hydroxylation sites is 2. The molecule has 0 aliphatic carbocycles. The highest BCUT2D eigenvalue weighted by Crippen LogP contribution is 2.29. The number of nitrogens with zero attached hydrogens (tertiary/aromatic N) is 1. The molecule has 5 heteroatoms. The minimum atomic E-state index is 0.0751. The molecule has 108 valence electrons. The highest BCUT2D eigenvalue weighted by atomic mass is 79.9. The molecule has 1 unspecified atom stereocenters. The molecule has 3 nitrogen and oxygen atoms in total. The number of hydrogen-bond acceptors (Lipinski definition) is 3. The van der Waals surface area contributed by atoms with E-state index in [9.17, 15) is 0 Å². The van der Waals surface area contributed by atoms with Gasteiger partial charge in [0.25, 0.3) is 0 Å². The highest BCUT2D eigenvalue weighted by molar-refractivity contribution is 9.10. The standard InChI is InChI=1S/C16H14BrClN2O/c1-19-14(11-8-10(18)6-7-12(11)17)9-16-20-13-4-2-3-5-15(13)21-16/h2-8,14,19H,9H2,1H3. The van der Waals surface area contributed by atoms with Gasteiger partial charge in [-0.15, -0.1) is 0 Å². The SMILES string of the molecule is CNC(Cc1nc2ccccc2o1)c1cc(Cl)ccc1Br. The molecule has 0 aliphatic rings. The number of rotatable bonds is 4. The minimum Gasteiger partial charge on any atom is -0.441 e. The summed E-state index contributed by atoms with van der Waals surface area (Å²) in [6.07, 6.45) is 0.657. The van der Waals surface area contributed by atoms with Gasteiger partial charge in [-0.2, -0.15) is 0 Å². The van der Waals surface area contributed by atoms with Crippen molar-refractivity contribution in [2.75, 3.05) is 7.05 Å². The first kappa shape index (κ1) is 14.6. The lowest BCUT2D eigenvalue weighted by molar-refractivity contribution is 0.473. The highest BCUT2D eigenvalue weighted by Gasteiger charge is 2.17. The van der Waals surface area contributed by atoms with Crippen LogP contribution in [0.15, 0.2) is 51.4 Å². The number of halogens is 2. The van der Waals surface area contributed by atoms with Crippen LogP contribution in [-0.4, -0.2) is 12.0 Å². The Hall–Kier alpha value is -1.36. The lowest BCUT2D eigenvalue weighted by Crippen LogP contribution is -2.19. The molecule has 1 N–H and O–H groups in total. The van der Waals surface area contributed by atoms with E-state index < -0.39 is 0 Å². The zero-order chi connectivity index (χ0) is 14.8. The van der Waals surface area contributed by atoms with Crippen LogP contribution in [0.4, 0.5) is 0 Å². The van der Waals surface area contributed by atoms with Gasteiger partial charge in [-0.25, -0.2) is 4.98 Å². The minimum absolute atomic E-state index is 0.0751. The van der Waals surface area contributed by atoms with Gasteiger partial charge in [-0.1, -0.05) is 39.7 Å². The number of nitrogens with one attached hydrogen (secondary N) is 1. The predicted molar refractivity (Wildman–Crippen MR) is 88.7 cm³/mol. The van der Waals surface area contributed by atoms with E-state index in [1.165, 1.54) is 0 Å². The van der Waals surface area contributed by atoms with Crippen LogP contribution in [0.5, 0.6) is 0 Å². The Labute approximate surface area is 136 Å². The molecule has 0 aliphatic heterocycles. The van der Waals surface area contributed by atoms with Gasteiger partial charge in [0.15, 0.2) is 11.5 Å². The van der Waals surface area contributed by atoms with Gasteiger partial charge < -0.3 is 9.73 Å². The molecule has 3 rings (SSSR count). The molecule has 1 heterocycles. The third-order valence-corrected chi connectivity index (χ3v) is 4.36. The fourth-order valence-electron chi connectivity index (χ4n) is 2.33. The van der Waals surface area contributed by atoms with E-state index in [4.69, 9.17) is 16.0 Å². The van der Waals surface area contributed by atoms with Crippen LogP contribution < -0.4 is 5.32 Å². The van der Waals surface area contributed by atoms with Gasteiger partial charge in [0.1, 0.15) is 5.52 Å². The van der Waals surface area contributed by atoms with Gasteiger partial charge in [-0.05, 0) is 42.9 Å². The molecular weight excluding hydrogens is 352 g/mol. The Bertz CT molecular complexity index is 739. The zero-order valence-electron chi connectivity index (χ0n) is 11.4. The van der Waals surface area contributed by atoms with Crippen LogP contribution >= 0.6 is 27.5 Å². The first-order valence-corrected chi connectivity index (χ1v) is 7.81. The Morgan fingerprint density at radius 2 is 2.10 bits per heavy atom. The van der Waals surface area contributed by atoms with Crippen molar-refractivity contribution in [1.29, 1.82) is 0 Å². The summed E-state index contributed by atoms with van der Waals surface area (Å²) in [5, 5.41) is 4.00. The van der Waals surface area contributed by atoms with E-state index in [0.29, 0.717) is 17.3 Å². The molecule has 0 spiro atoms. The molecule has 0 fully saturated rings.